The van der Waals surface area contributed by atoms with Gasteiger partial charge in [-0.05, 0) is 43.9 Å². The quantitative estimate of drug-likeness (QED) is 0.294. The van der Waals surface area contributed by atoms with Crippen LogP contribution in [-0.4, -0.2) is 74.4 Å². The van der Waals surface area contributed by atoms with Gasteiger partial charge in [0.15, 0.2) is 5.82 Å². The molecular formula is C28H25FN8O2. The maximum atomic E-state index is 14.2. The highest BCUT2D eigenvalue weighted by atomic mass is 19.1. The molecule has 0 saturated heterocycles. The molecule has 0 radical (unpaired) electrons. The molecule has 0 atom stereocenters. The first-order valence-corrected chi connectivity index (χ1v) is 12.2. The number of benzene rings is 1. The lowest BCUT2D eigenvalue weighted by Crippen LogP contribution is -2.19. The molecule has 6 rings (SSSR count). The zero-order chi connectivity index (χ0) is 26.9. The largest absolute Gasteiger partial charge is 0.497 e. The van der Waals surface area contributed by atoms with Gasteiger partial charge in [0.05, 0.1) is 47.9 Å². The minimum absolute atomic E-state index is 0.405. The van der Waals surface area contributed by atoms with Crippen molar-refractivity contribution in [2.45, 2.75) is 0 Å². The molecule has 39 heavy (non-hydrogen) atoms. The molecule has 0 aliphatic rings. The molecule has 5 heterocycles. The molecular weight excluding hydrogens is 499 g/mol. The summed E-state index contributed by atoms with van der Waals surface area (Å²) in [4.78, 5) is 23.4. The van der Waals surface area contributed by atoms with Gasteiger partial charge in [-0.2, -0.15) is 5.10 Å². The Hall–Kier alpha value is -4.90. The number of rotatable bonds is 8. The number of aromatic amines is 2. The van der Waals surface area contributed by atoms with Gasteiger partial charge in [0, 0.05) is 41.5 Å². The van der Waals surface area contributed by atoms with E-state index < -0.39 is 5.82 Å². The van der Waals surface area contributed by atoms with E-state index in [1.165, 1.54) is 19.2 Å². The summed E-state index contributed by atoms with van der Waals surface area (Å²) in [6.07, 6.45) is 8.51. The second-order valence-electron chi connectivity index (χ2n) is 9.30. The van der Waals surface area contributed by atoms with Crippen LogP contribution in [0.5, 0.6) is 11.5 Å². The lowest BCUT2D eigenvalue weighted by molar-refractivity contribution is 0.261. The summed E-state index contributed by atoms with van der Waals surface area (Å²) < 4.78 is 25.3. The van der Waals surface area contributed by atoms with Crippen LogP contribution >= 0.6 is 0 Å². The topological polar surface area (TPSA) is 118 Å². The van der Waals surface area contributed by atoms with E-state index in [0.29, 0.717) is 51.8 Å². The molecule has 0 bridgehead atoms. The van der Waals surface area contributed by atoms with Crippen LogP contribution in [0.2, 0.25) is 0 Å². The third kappa shape index (κ3) is 4.87. The molecule has 0 aliphatic carbocycles. The minimum Gasteiger partial charge on any atom is -0.497 e. The summed E-state index contributed by atoms with van der Waals surface area (Å²) in [5.41, 5.74) is 5.55. The van der Waals surface area contributed by atoms with Gasteiger partial charge in [-0.15, -0.1) is 0 Å². The molecule has 1 aromatic carbocycles. The van der Waals surface area contributed by atoms with Crippen LogP contribution in [0.25, 0.3) is 55.8 Å². The van der Waals surface area contributed by atoms with Crippen LogP contribution in [0, 0.1) is 5.82 Å². The van der Waals surface area contributed by atoms with Crippen molar-refractivity contribution in [2.75, 3.05) is 34.4 Å². The van der Waals surface area contributed by atoms with Crippen molar-refractivity contribution in [3.8, 4) is 45.4 Å². The Morgan fingerprint density at radius 2 is 1.74 bits per heavy atom. The number of hydrogen-bond acceptors (Lipinski definition) is 8. The molecule has 11 heteroatoms. The second-order valence-corrected chi connectivity index (χ2v) is 9.30. The third-order valence-corrected chi connectivity index (χ3v) is 6.30. The lowest BCUT2D eigenvalue weighted by Gasteiger charge is -2.11. The number of nitrogens with zero attached hydrogens (tertiary/aromatic N) is 6. The fourth-order valence-corrected chi connectivity index (χ4v) is 4.33. The number of halogens is 1. The number of hydrogen-bond donors (Lipinski definition) is 2. The van der Waals surface area contributed by atoms with E-state index in [9.17, 15) is 4.39 Å². The Labute approximate surface area is 222 Å². The van der Waals surface area contributed by atoms with Gasteiger partial charge in [-0.1, -0.05) is 0 Å². The van der Waals surface area contributed by atoms with E-state index in [1.54, 1.807) is 37.1 Å². The monoisotopic (exact) mass is 524 g/mol. The highest BCUT2D eigenvalue weighted by molar-refractivity contribution is 5.97. The summed E-state index contributed by atoms with van der Waals surface area (Å²) in [7, 11) is 5.50. The summed E-state index contributed by atoms with van der Waals surface area (Å²) >= 11 is 0. The molecule has 2 N–H and O–H groups in total. The van der Waals surface area contributed by atoms with Crippen LogP contribution in [-0.2, 0) is 0 Å². The Morgan fingerprint density at radius 3 is 2.59 bits per heavy atom. The normalized spacial score (nSPS) is 11.5. The molecule has 10 nitrogen and oxygen atoms in total. The standard InChI is InChI=1S/C28H25FN8O2/c1-37(2)4-5-39-20-8-17(11-30-12-20)23-10-21-24(15-32-23)35-36-27(21)28-33-25-14-31-13-22(26(25)34-28)16-6-18(29)9-19(7-16)38-3/h6-15H,4-5H2,1-3H3,(H,33,34)(H,35,36). The van der Waals surface area contributed by atoms with E-state index in [1.807, 2.05) is 26.2 Å². The van der Waals surface area contributed by atoms with Crippen molar-refractivity contribution in [1.29, 1.82) is 0 Å². The van der Waals surface area contributed by atoms with Crippen molar-refractivity contribution < 1.29 is 13.9 Å². The Morgan fingerprint density at radius 1 is 0.897 bits per heavy atom. The third-order valence-electron chi connectivity index (χ3n) is 6.30. The van der Waals surface area contributed by atoms with Gasteiger partial charge in [-0.25, -0.2) is 9.37 Å². The number of methoxy groups -OCH3 is 1. The smallest absolute Gasteiger partial charge is 0.159 e. The summed E-state index contributed by atoms with van der Waals surface area (Å²) in [5, 5.41) is 8.37. The average Bonchev–Trinajstić information content (AvgIpc) is 3.56. The summed E-state index contributed by atoms with van der Waals surface area (Å²) in [5.74, 6) is 1.23. The zero-order valence-electron chi connectivity index (χ0n) is 21.6. The van der Waals surface area contributed by atoms with Crippen molar-refractivity contribution in [1.82, 2.24) is 40.0 Å². The van der Waals surface area contributed by atoms with Crippen molar-refractivity contribution in [3.63, 3.8) is 0 Å². The molecule has 5 aromatic heterocycles. The highest BCUT2D eigenvalue weighted by Crippen LogP contribution is 2.33. The van der Waals surface area contributed by atoms with Gasteiger partial charge < -0.3 is 19.4 Å². The molecule has 0 amide bonds. The van der Waals surface area contributed by atoms with Gasteiger partial charge in [0.1, 0.15) is 29.6 Å². The predicted molar refractivity (Wildman–Crippen MR) is 146 cm³/mol. The minimum atomic E-state index is -0.405. The first-order valence-electron chi connectivity index (χ1n) is 12.2. The molecule has 196 valence electrons. The van der Waals surface area contributed by atoms with Gasteiger partial charge in [-0.3, -0.25) is 20.1 Å². The molecule has 0 spiro atoms. The van der Waals surface area contributed by atoms with Gasteiger partial charge >= 0.3 is 0 Å². The van der Waals surface area contributed by atoms with Crippen LogP contribution < -0.4 is 9.47 Å². The second kappa shape index (κ2) is 10.1. The molecule has 0 saturated carbocycles. The SMILES string of the molecule is COc1cc(F)cc(-c2cncc3[nH]c(-c4n[nH]c5cnc(-c6cncc(OCCN(C)C)c6)cc45)nc23)c1. The van der Waals surface area contributed by atoms with Crippen LogP contribution in [0.3, 0.4) is 0 Å². The van der Waals surface area contributed by atoms with Crippen LogP contribution in [0.15, 0.2) is 61.3 Å². The lowest BCUT2D eigenvalue weighted by atomic mass is 10.1. The maximum Gasteiger partial charge on any atom is 0.159 e. The number of likely N-dealkylation sites (N-methyl/N-ethyl adjacent to an activating group) is 1. The zero-order valence-corrected chi connectivity index (χ0v) is 21.6. The van der Waals surface area contributed by atoms with E-state index in [0.717, 1.165) is 28.7 Å². The Balaban J connectivity index is 1.38. The number of aromatic nitrogens is 7. The Kier molecular flexibility index (Phi) is 6.33. The van der Waals surface area contributed by atoms with Crippen molar-refractivity contribution in [2.24, 2.45) is 0 Å². The fourth-order valence-electron chi connectivity index (χ4n) is 4.33. The van der Waals surface area contributed by atoms with Crippen LogP contribution in [0.4, 0.5) is 4.39 Å². The van der Waals surface area contributed by atoms with E-state index in [2.05, 4.69) is 35.0 Å². The van der Waals surface area contributed by atoms with Crippen molar-refractivity contribution in [3.05, 3.63) is 67.1 Å². The number of pyridine rings is 3. The molecule has 0 unspecified atom stereocenters. The first-order chi connectivity index (χ1) is 19.0. The van der Waals surface area contributed by atoms with Gasteiger partial charge in [0.25, 0.3) is 0 Å². The van der Waals surface area contributed by atoms with Gasteiger partial charge in [0.2, 0.25) is 0 Å². The number of ether oxygens (including phenoxy) is 2. The van der Waals surface area contributed by atoms with Crippen LogP contribution in [0.1, 0.15) is 0 Å². The number of H-pyrrole nitrogens is 2. The number of imidazole rings is 1. The van der Waals surface area contributed by atoms with E-state index in [-0.39, 0.29) is 0 Å². The van der Waals surface area contributed by atoms with Crippen molar-refractivity contribution >= 4 is 21.9 Å². The Bertz CT molecular complexity index is 1800. The summed E-state index contributed by atoms with van der Waals surface area (Å²) in [6, 6.07) is 8.38. The molecule has 0 fully saturated rings. The van der Waals surface area contributed by atoms with E-state index in [4.69, 9.17) is 14.5 Å². The maximum absolute atomic E-state index is 14.2. The number of nitrogens with one attached hydrogen (secondary N) is 2. The fraction of sp³-hybridized carbons (Fsp3) is 0.179. The molecule has 0 aliphatic heterocycles. The predicted octanol–water partition coefficient (Wildman–Crippen LogP) is 4.71. The summed E-state index contributed by atoms with van der Waals surface area (Å²) in [6.45, 7) is 1.36. The number of fused-ring (bicyclic) bond motifs is 2. The highest BCUT2D eigenvalue weighted by Gasteiger charge is 2.17. The molecule has 6 aromatic rings. The first kappa shape index (κ1) is 24.4. The average molecular weight is 525 g/mol. The van der Waals surface area contributed by atoms with E-state index >= 15 is 0 Å².